The van der Waals surface area contributed by atoms with Crippen molar-refractivity contribution in [3.8, 4) is 40.9 Å². The number of fused-ring (bicyclic) bond motifs is 2. The molecule has 4 fully saturated rings. The zero-order valence-electron chi connectivity index (χ0n) is 51.9. The Balaban J connectivity index is 1.13. The summed E-state index contributed by atoms with van der Waals surface area (Å²) >= 11 is 2.81. The molecule has 0 unspecified atom stereocenters. The number of nitrogens with one attached hydrogen (secondary N) is 4. The summed E-state index contributed by atoms with van der Waals surface area (Å²) in [7, 11) is 9.44. The molecule has 4 saturated heterocycles. The minimum absolute atomic E-state index is 0.0151. The van der Waals surface area contributed by atoms with Crippen LogP contribution in [0.1, 0.15) is 83.1 Å². The number of Topliss-reactive ketones (excluding diaryl/α,β-unsaturated/α-hetero) is 1. The maximum absolute atomic E-state index is 14.5. The molecular weight excluding hydrogens is 1350 g/mol. The zero-order chi connectivity index (χ0) is 65.9. The van der Waals surface area contributed by atoms with E-state index < -0.39 is 137 Å². The van der Waals surface area contributed by atoms with Crippen LogP contribution in [-0.4, -0.2) is 223 Å². The monoisotopic (exact) mass is 1440 g/mol. The van der Waals surface area contributed by atoms with E-state index in [9.17, 15) is 44.7 Å². The highest BCUT2D eigenvalue weighted by molar-refractivity contribution is 14.1. The molecule has 4 aliphatic heterocycles. The van der Waals surface area contributed by atoms with Crippen LogP contribution in [0.3, 0.4) is 0 Å². The number of amides is 2. The second-order valence-electron chi connectivity index (χ2n) is 22.4. The number of carbonyl (C=O) groups excluding carboxylic acids is 4. The molecule has 6 aliphatic rings. The largest absolute Gasteiger partial charge is 0.492 e. The Morgan fingerprint density at radius 1 is 0.889 bits per heavy atom. The van der Waals surface area contributed by atoms with Gasteiger partial charge < -0.3 is 87.7 Å². The summed E-state index contributed by atoms with van der Waals surface area (Å²) in [6, 6.07) is -1.33. The van der Waals surface area contributed by atoms with Crippen molar-refractivity contribution < 1.29 is 106 Å². The lowest BCUT2D eigenvalue weighted by atomic mass is 9.75. The fraction of sp³-hybridized carbons (Fsp3) is 0.661. The highest BCUT2D eigenvalue weighted by Gasteiger charge is 2.52. The van der Waals surface area contributed by atoms with E-state index in [1.807, 2.05) is 43.4 Å². The number of nitrogens with two attached hydrogens (primary N) is 1. The minimum Gasteiger partial charge on any atom is -0.492 e. The number of aliphatic hydroxyl groups is 5. The number of hydroxylamine groups is 1. The average molecular weight is 1440 g/mol. The number of methoxy groups -OCH3 is 5. The van der Waals surface area contributed by atoms with Gasteiger partial charge in [0.1, 0.15) is 36.6 Å². The number of allylic oxidation sites excluding steroid dienone is 3. The summed E-state index contributed by atoms with van der Waals surface area (Å²) in [4.78, 5) is 60.1. The van der Waals surface area contributed by atoms with Crippen LogP contribution in [0.25, 0.3) is 0 Å². The zero-order valence-corrected chi connectivity index (χ0v) is 56.5. The predicted molar refractivity (Wildman–Crippen MR) is 337 cm³/mol. The Labute approximate surface area is 548 Å². The molecule has 0 radical (unpaired) electrons. The fourth-order valence-corrected chi connectivity index (χ4v) is 15.2. The third-order valence-corrected chi connectivity index (χ3v) is 21.5. The molecule has 0 aromatic heterocycles. The van der Waals surface area contributed by atoms with E-state index in [2.05, 4.69) is 45.2 Å². The number of halogens is 1. The maximum atomic E-state index is 14.5. The van der Waals surface area contributed by atoms with Crippen molar-refractivity contribution in [1.82, 2.24) is 21.5 Å². The number of hydrazine groups is 1. The van der Waals surface area contributed by atoms with Gasteiger partial charge >= 0.3 is 6.09 Å². The van der Waals surface area contributed by atoms with Gasteiger partial charge in [-0.3, -0.25) is 30.0 Å². The number of ketones is 1. The van der Waals surface area contributed by atoms with Gasteiger partial charge in [-0.1, -0.05) is 70.0 Å². The molecule has 27 nitrogen and oxygen atoms in total. The number of hydrogen-bond acceptors (Lipinski definition) is 28. The van der Waals surface area contributed by atoms with E-state index in [0.29, 0.717) is 15.7 Å². The lowest BCUT2D eigenvalue weighted by molar-refractivity contribution is -0.336. The van der Waals surface area contributed by atoms with Gasteiger partial charge in [-0.05, 0) is 88.4 Å². The Bertz CT molecular complexity index is 2950. The van der Waals surface area contributed by atoms with Crippen molar-refractivity contribution in [3.63, 3.8) is 0 Å². The summed E-state index contributed by atoms with van der Waals surface area (Å²) in [5, 5.41) is 63.0. The smallest absolute Gasteiger partial charge is 0.411 e. The van der Waals surface area contributed by atoms with Crippen LogP contribution >= 0.6 is 55.9 Å². The second-order valence-corrected chi connectivity index (χ2v) is 27.7. The number of benzene rings is 1. The van der Waals surface area contributed by atoms with Gasteiger partial charge in [0.05, 0.1) is 97.0 Å². The van der Waals surface area contributed by atoms with Crippen LogP contribution in [0.2, 0.25) is 0 Å². The third kappa shape index (κ3) is 17.3. The first-order chi connectivity index (χ1) is 42.8. The van der Waals surface area contributed by atoms with Gasteiger partial charge in [0.25, 0.3) is 0 Å². The normalized spacial score (nSPS) is 34.1. The molecule has 1 aromatic carbocycles. The molecule has 90 heavy (non-hydrogen) atoms. The minimum atomic E-state index is -2.16. The number of alkyl carbamates (subject to hydrolysis) is 1. The van der Waals surface area contributed by atoms with E-state index in [4.69, 9.17) is 67.5 Å². The van der Waals surface area contributed by atoms with Gasteiger partial charge in [0.15, 0.2) is 41.8 Å². The number of aliphatic hydroxyl groups excluding tert-OH is 4. The van der Waals surface area contributed by atoms with Crippen LogP contribution in [0.4, 0.5) is 4.79 Å². The van der Waals surface area contributed by atoms with Crippen molar-refractivity contribution in [2.45, 2.75) is 194 Å². The molecule has 2 amide bonds. The fourth-order valence-electron chi connectivity index (χ4n) is 11.1. The van der Waals surface area contributed by atoms with E-state index in [1.54, 1.807) is 40.9 Å². The number of hydrogen-bond donors (Lipinski definition) is 10. The van der Waals surface area contributed by atoms with Crippen LogP contribution in [-0.2, 0) is 57.1 Å². The summed E-state index contributed by atoms with van der Waals surface area (Å²) in [6.07, 6.45) is -14.5. The number of likely N-dealkylation sites (N-methyl/N-ethyl adjacent to an activating group) is 1. The summed E-state index contributed by atoms with van der Waals surface area (Å²) in [5.41, 5.74) is 3.09. The topological polar surface area (TPSA) is 364 Å². The second kappa shape index (κ2) is 33.0. The number of thioether (sulfide) groups is 1. The molecule has 4 heterocycles. The van der Waals surface area contributed by atoms with Gasteiger partial charge in [-0.25, -0.2) is 10.6 Å². The average Bonchev–Trinajstić information content (AvgIpc) is 0.918. The van der Waals surface area contributed by atoms with Crippen molar-refractivity contribution in [2.24, 2.45) is 5.84 Å². The molecule has 500 valence electrons. The molecule has 0 spiro atoms. The Morgan fingerprint density at radius 2 is 1.60 bits per heavy atom. The van der Waals surface area contributed by atoms with E-state index in [-0.39, 0.29) is 83.2 Å². The van der Waals surface area contributed by atoms with Crippen LogP contribution in [0, 0.1) is 34.2 Å². The molecule has 7 rings (SSSR count). The molecule has 31 heteroatoms. The van der Waals surface area contributed by atoms with E-state index in [0.717, 1.165) is 18.9 Å². The Morgan fingerprint density at radius 3 is 2.26 bits per heavy atom. The Kier molecular flexibility index (Phi) is 27.0. The number of ether oxygens (including phenoxy) is 12. The molecule has 0 saturated carbocycles. The molecule has 19 atom stereocenters. The number of rotatable bonds is 24. The van der Waals surface area contributed by atoms with Gasteiger partial charge in [0.2, 0.25) is 23.1 Å². The van der Waals surface area contributed by atoms with Gasteiger partial charge in [0, 0.05) is 55.1 Å². The molecular formula is C59H82IN5O22S3. The highest BCUT2D eigenvalue weighted by atomic mass is 127. The molecule has 2 bridgehead atoms. The van der Waals surface area contributed by atoms with Crippen LogP contribution in [0.15, 0.2) is 35.1 Å². The van der Waals surface area contributed by atoms with Gasteiger partial charge in [-0.15, -0.1) is 0 Å². The van der Waals surface area contributed by atoms with Crippen LogP contribution < -0.4 is 41.6 Å². The Hall–Kier alpha value is -3.86. The van der Waals surface area contributed by atoms with Crippen molar-refractivity contribution in [3.05, 3.63) is 49.8 Å². The molecule has 2 aliphatic carbocycles. The van der Waals surface area contributed by atoms with Crippen molar-refractivity contribution in [2.75, 3.05) is 54.5 Å². The first-order valence-electron chi connectivity index (χ1n) is 29.0. The third-order valence-electron chi connectivity index (χ3n) is 15.7. The van der Waals surface area contributed by atoms with Crippen LogP contribution in [0.5, 0.6) is 17.2 Å². The standard InChI is InChI=1S/C59H82IN5O22S3/c1-13-62-32-26-80-38(23-36(32)75-8)85-51-46(70)43(28(3)82-56(51)84-35-18-16-14-15-17-20-59(74)24-34(67)44(63-57(73)79-12)41(35)31(59)19-21-88-90-58(6,7)25-37(68)64-61)65-87-39-22-33(66)53(30(5)81-39)89-54(72)40-27(2)42(60)49(52(78-11)48(40)76-9)86-55-47(71)50(77-10)45(69)29(4)83-55/h14-15,19,28-30,32-33,35-36,38-39,43,45-47,50-51,53,55-56,62,65-66,69-71,74H,13,21-26,61H2,1-12H3,(H,63,73)(H,64,68)/t28-,29+,30-,32+,33+,35+,36+,38+,39+,43-,45+,46+,47-,50-,51-,53-,55+,56+,59+/m1/s1. The highest BCUT2D eigenvalue weighted by Crippen LogP contribution is 2.49. The first-order valence-corrected chi connectivity index (χ1v) is 33.2. The summed E-state index contributed by atoms with van der Waals surface area (Å²) in [5.74, 6) is 16.0. The predicted octanol–water partition coefficient (Wildman–Crippen LogP) is 2.08. The number of carbonyl (C=O) groups is 4. The quantitative estimate of drug-likeness (QED) is 0.0135. The molecule has 11 N–H and O–H groups in total. The summed E-state index contributed by atoms with van der Waals surface area (Å²) < 4.78 is 72.1. The lowest BCUT2D eigenvalue weighted by Crippen LogP contribution is -2.65. The van der Waals surface area contributed by atoms with Crippen molar-refractivity contribution >= 4 is 78.8 Å². The van der Waals surface area contributed by atoms with Crippen molar-refractivity contribution in [1.29, 1.82) is 0 Å². The van der Waals surface area contributed by atoms with Gasteiger partial charge in [-0.2, -0.15) is 5.48 Å². The van der Waals surface area contributed by atoms with E-state index >= 15 is 0 Å². The maximum Gasteiger partial charge on any atom is 0.411 e. The molecule has 1 aromatic rings. The first kappa shape index (κ1) is 73.5. The SMILES string of the molecule is CCN[C@H]1CO[C@@H](O[C@H]2[C@H](O[C@H]3C#CC=CC#C[C@]4(O)CC(=O)C(NC(=O)OC)=C3C4=CCSSC(C)(C)CC(=O)NN)O[C@H](C)[C@@H](NO[C@H]3C[C@H](O)[C@H](SC(=O)c4c(C)c(I)c(O[C@@H]5O[C@@H](C)[C@H](O)[C@@H](OC)[C@H]5O)c(OC)c4OC)[C@@H](C)O3)[C@@H]2O)C[C@@H]1OC. The summed E-state index contributed by atoms with van der Waals surface area (Å²) in [6.45, 7) is 13.0. The van der Waals surface area contributed by atoms with E-state index in [1.165, 1.54) is 55.1 Å². The lowest BCUT2D eigenvalue weighted by Gasteiger charge is -2.46.